The van der Waals surface area contributed by atoms with E-state index < -0.39 is 0 Å². The zero-order valence-corrected chi connectivity index (χ0v) is 11.4. The molecule has 0 amide bonds. The first-order valence-electron chi connectivity index (χ1n) is 7.11. The fraction of sp³-hybridized carbons (Fsp3) is 0.929. The van der Waals surface area contributed by atoms with Gasteiger partial charge in [0.15, 0.2) is 0 Å². The monoisotopic (exact) mass is 237 g/mol. The Labute approximate surface area is 106 Å². The third kappa shape index (κ3) is 5.52. The fourth-order valence-electron chi connectivity index (χ4n) is 2.67. The SMILES string of the molecule is CCNC(C#N)CCN(C)C1CCCCCC1. The number of nitriles is 1. The van der Waals surface area contributed by atoms with E-state index >= 15 is 0 Å². The quantitative estimate of drug-likeness (QED) is 0.722. The van der Waals surface area contributed by atoms with Crippen molar-refractivity contribution in [1.29, 1.82) is 5.26 Å². The van der Waals surface area contributed by atoms with Gasteiger partial charge in [-0.1, -0.05) is 32.6 Å². The molecule has 0 radical (unpaired) electrons. The first kappa shape index (κ1) is 14.5. The van der Waals surface area contributed by atoms with Crippen LogP contribution in [-0.2, 0) is 0 Å². The number of rotatable bonds is 6. The van der Waals surface area contributed by atoms with E-state index in [0.29, 0.717) is 0 Å². The highest BCUT2D eigenvalue weighted by atomic mass is 15.1. The van der Waals surface area contributed by atoms with E-state index in [9.17, 15) is 0 Å². The second-order valence-corrected chi connectivity index (χ2v) is 5.15. The van der Waals surface area contributed by atoms with Crippen LogP contribution in [-0.4, -0.2) is 37.1 Å². The first-order chi connectivity index (χ1) is 8.27. The zero-order chi connectivity index (χ0) is 12.5. The van der Waals surface area contributed by atoms with Crippen molar-refractivity contribution in [1.82, 2.24) is 10.2 Å². The maximum absolute atomic E-state index is 8.99. The molecule has 17 heavy (non-hydrogen) atoms. The van der Waals surface area contributed by atoms with E-state index in [0.717, 1.165) is 25.6 Å². The van der Waals surface area contributed by atoms with E-state index in [1.807, 2.05) is 0 Å². The summed E-state index contributed by atoms with van der Waals surface area (Å²) < 4.78 is 0. The van der Waals surface area contributed by atoms with Crippen LogP contribution in [0.15, 0.2) is 0 Å². The van der Waals surface area contributed by atoms with E-state index in [1.165, 1.54) is 38.5 Å². The van der Waals surface area contributed by atoms with Gasteiger partial charge in [-0.15, -0.1) is 0 Å². The summed E-state index contributed by atoms with van der Waals surface area (Å²) in [6, 6.07) is 3.11. The first-order valence-corrected chi connectivity index (χ1v) is 7.11. The second-order valence-electron chi connectivity index (χ2n) is 5.15. The average Bonchev–Trinajstić information content (AvgIpc) is 2.62. The molecule has 0 aromatic heterocycles. The third-order valence-electron chi connectivity index (χ3n) is 3.82. The van der Waals surface area contributed by atoms with Crippen molar-refractivity contribution in [2.75, 3.05) is 20.1 Å². The van der Waals surface area contributed by atoms with Crippen LogP contribution < -0.4 is 5.32 Å². The van der Waals surface area contributed by atoms with Crippen LogP contribution in [0.1, 0.15) is 51.9 Å². The minimum absolute atomic E-state index is 0.0215. The van der Waals surface area contributed by atoms with Crippen LogP contribution in [0, 0.1) is 11.3 Å². The number of nitrogens with zero attached hydrogens (tertiary/aromatic N) is 2. The molecule has 0 bridgehead atoms. The summed E-state index contributed by atoms with van der Waals surface area (Å²) in [7, 11) is 2.22. The van der Waals surface area contributed by atoms with E-state index in [2.05, 4.69) is 30.3 Å². The highest BCUT2D eigenvalue weighted by Gasteiger charge is 2.17. The van der Waals surface area contributed by atoms with Crippen molar-refractivity contribution >= 4 is 0 Å². The lowest BCUT2D eigenvalue weighted by atomic mass is 10.1. The van der Waals surface area contributed by atoms with Gasteiger partial charge < -0.3 is 10.2 Å². The van der Waals surface area contributed by atoms with Gasteiger partial charge in [0.05, 0.1) is 12.1 Å². The topological polar surface area (TPSA) is 39.1 Å². The van der Waals surface area contributed by atoms with E-state index in [-0.39, 0.29) is 6.04 Å². The molecule has 98 valence electrons. The lowest BCUT2D eigenvalue weighted by Gasteiger charge is -2.27. The van der Waals surface area contributed by atoms with Gasteiger partial charge in [0.2, 0.25) is 0 Å². The van der Waals surface area contributed by atoms with E-state index in [4.69, 9.17) is 5.26 Å². The summed E-state index contributed by atoms with van der Waals surface area (Å²) in [6.07, 6.45) is 9.19. The van der Waals surface area contributed by atoms with Crippen LogP contribution >= 0.6 is 0 Å². The van der Waals surface area contributed by atoms with Gasteiger partial charge in [-0.05, 0) is 32.9 Å². The molecule has 1 atom stereocenters. The second kappa shape index (κ2) is 8.49. The molecule has 1 aliphatic carbocycles. The van der Waals surface area contributed by atoms with Crippen molar-refractivity contribution in [3.05, 3.63) is 0 Å². The van der Waals surface area contributed by atoms with E-state index in [1.54, 1.807) is 0 Å². The predicted octanol–water partition coefficient (Wildman–Crippen LogP) is 2.53. The zero-order valence-electron chi connectivity index (χ0n) is 11.4. The molecular formula is C14H27N3. The molecule has 1 rings (SSSR count). The Balaban J connectivity index is 2.27. The summed E-state index contributed by atoms with van der Waals surface area (Å²) in [4.78, 5) is 2.47. The molecule has 0 aromatic rings. The molecule has 1 saturated carbocycles. The lowest BCUT2D eigenvalue weighted by molar-refractivity contribution is 0.214. The van der Waals surface area contributed by atoms with Crippen molar-refractivity contribution < 1.29 is 0 Å². The Morgan fingerprint density at radius 2 is 1.94 bits per heavy atom. The third-order valence-corrected chi connectivity index (χ3v) is 3.82. The molecule has 0 aliphatic heterocycles. The predicted molar refractivity (Wildman–Crippen MR) is 71.8 cm³/mol. The van der Waals surface area contributed by atoms with Crippen molar-refractivity contribution in [2.24, 2.45) is 0 Å². The molecule has 0 heterocycles. The van der Waals surface area contributed by atoms with Crippen molar-refractivity contribution in [3.63, 3.8) is 0 Å². The molecule has 0 aromatic carbocycles. The Kier molecular flexibility index (Phi) is 7.23. The minimum Gasteiger partial charge on any atom is -0.303 e. The van der Waals surface area contributed by atoms with Crippen molar-refractivity contribution in [2.45, 2.75) is 64.0 Å². The summed E-state index contributed by atoms with van der Waals surface area (Å²) in [5.41, 5.74) is 0. The Morgan fingerprint density at radius 1 is 1.29 bits per heavy atom. The summed E-state index contributed by atoms with van der Waals surface area (Å²) >= 11 is 0. The normalized spacial score (nSPS) is 19.9. The Bertz CT molecular complexity index is 226. The smallest absolute Gasteiger partial charge is 0.0965 e. The highest BCUT2D eigenvalue weighted by molar-refractivity contribution is 4.90. The largest absolute Gasteiger partial charge is 0.303 e. The maximum atomic E-state index is 8.99. The van der Waals surface area contributed by atoms with Crippen LogP contribution in [0.5, 0.6) is 0 Å². The van der Waals surface area contributed by atoms with Gasteiger partial charge in [0.1, 0.15) is 0 Å². The van der Waals surface area contributed by atoms with Crippen LogP contribution in [0.25, 0.3) is 0 Å². The number of hydrogen-bond donors (Lipinski definition) is 1. The molecule has 1 fully saturated rings. The van der Waals surface area contributed by atoms with Gasteiger partial charge in [0, 0.05) is 12.6 Å². The number of hydrogen-bond acceptors (Lipinski definition) is 3. The van der Waals surface area contributed by atoms with Gasteiger partial charge >= 0.3 is 0 Å². The molecular weight excluding hydrogens is 210 g/mol. The summed E-state index contributed by atoms with van der Waals surface area (Å²) in [6.45, 7) is 3.97. The molecule has 0 saturated heterocycles. The minimum atomic E-state index is 0.0215. The molecule has 1 unspecified atom stereocenters. The Morgan fingerprint density at radius 3 is 2.47 bits per heavy atom. The van der Waals surface area contributed by atoms with Crippen molar-refractivity contribution in [3.8, 4) is 6.07 Å². The molecule has 1 aliphatic rings. The maximum Gasteiger partial charge on any atom is 0.0965 e. The van der Waals surface area contributed by atoms with Gasteiger partial charge in [-0.25, -0.2) is 0 Å². The number of nitrogens with one attached hydrogen (secondary N) is 1. The fourth-order valence-corrected chi connectivity index (χ4v) is 2.67. The Hall–Kier alpha value is -0.590. The van der Waals surface area contributed by atoms with Gasteiger partial charge in [-0.3, -0.25) is 0 Å². The van der Waals surface area contributed by atoms with Crippen LogP contribution in [0.4, 0.5) is 0 Å². The van der Waals surface area contributed by atoms with Gasteiger partial charge in [-0.2, -0.15) is 5.26 Å². The lowest BCUT2D eigenvalue weighted by Crippen LogP contribution is -2.36. The van der Waals surface area contributed by atoms with Crippen LogP contribution in [0.2, 0.25) is 0 Å². The molecule has 3 nitrogen and oxygen atoms in total. The highest BCUT2D eigenvalue weighted by Crippen LogP contribution is 2.21. The summed E-state index contributed by atoms with van der Waals surface area (Å²) in [5.74, 6) is 0. The van der Waals surface area contributed by atoms with Gasteiger partial charge in [0.25, 0.3) is 0 Å². The average molecular weight is 237 g/mol. The van der Waals surface area contributed by atoms with Crippen LogP contribution in [0.3, 0.4) is 0 Å². The molecule has 1 N–H and O–H groups in total. The molecule has 3 heteroatoms. The molecule has 0 spiro atoms. The standard InChI is InChI=1S/C14H27N3/c1-3-16-13(12-15)10-11-17(2)14-8-6-4-5-7-9-14/h13-14,16H,3-11H2,1-2H3. The summed E-state index contributed by atoms with van der Waals surface area (Å²) in [5, 5.41) is 12.2.